The maximum Gasteiger partial charge on any atom is 0.137 e. The first-order chi connectivity index (χ1) is 5.72. The first-order valence-electron chi connectivity index (χ1n) is 4.16. The van der Waals surface area contributed by atoms with E-state index in [2.05, 4.69) is 15.9 Å². The summed E-state index contributed by atoms with van der Waals surface area (Å²) in [5, 5.41) is 0. The topological polar surface area (TPSA) is 0 Å². The predicted molar refractivity (Wildman–Crippen MR) is 50.8 cm³/mol. The Hall–Kier alpha value is -0.370. The summed E-state index contributed by atoms with van der Waals surface area (Å²) in [6.07, 6.45) is 2.36. The van der Waals surface area contributed by atoms with Gasteiger partial charge < -0.3 is 0 Å². The molecule has 1 aliphatic rings. The molecule has 0 radical (unpaired) electrons. The van der Waals surface area contributed by atoms with Crippen molar-refractivity contribution in [3.05, 3.63) is 34.3 Å². The number of hydrogen-bond acceptors (Lipinski definition) is 0. The molecule has 1 fully saturated rings. The lowest BCUT2D eigenvalue weighted by Gasteiger charge is -2.34. The Morgan fingerprint density at radius 1 is 1.25 bits per heavy atom. The van der Waals surface area contributed by atoms with Gasteiger partial charge in [0.05, 0.1) is 0 Å². The third kappa shape index (κ3) is 1.18. The molecule has 0 unspecified atom stereocenters. The van der Waals surface area contributed by atoms with Gasteiger partial charge in [0.25, 0.3) is 0 Å². The molecule has 0 N–H and O–H groups in total. The minimum Gasteiger partial charge on any atom is -0.239 e. The number of halogens is 2. The van der Waals surface area contributed by atoms with Gasteiger partial charge >= 0.3 is 0 Å². The summed E-state index contributed by atoms with van der Waals surface area (Å²) in [5.41, 5.74) is -0.226. The molecule has 1 aromatic carbocycles. The van der Waals surface area contributed by atoms with Crippen molar-refractivity contribution in [2.75, 3.05) is 0 Å². The van der Waals surface area contributed by atoms with Crippen LogP contribution in [-0.2, 0) is 5.67 Å². The van der Waals surface area contributed by atoms with Crippen LogP contribution in [0.25, 0.3) is 0 Å². The Morgan fingerprint density at radius 3 is 2.42 bits per heavy atom. The molecule has 1 aromatic rings. The maximum absolute atomic E-state index is 13.9. The summed E-state index contributed by atoms with van der Waals surface area (Å²) < 4.78 is 14.8. The smallest absolute Gasteiger partial charge is 0.137 e. The summed E-state index contributed by atoms with van der Waals surface area (Å²) in [6.45, 7) is 0. The van der Waals surface area contributed by atoms with Crippen LogP contribution in [0.15, 0.2) is 28.7 Å². The fourth-order valence-electron chi connectivity index (χ4n) is 1.58. The molecule has 2 rings (SSSR count). The third-order valence-electron chi connectivity index (χ3n) is 2.50. The predicted octanol–water partition coefficient (Wildman–Crippen LogP) is 3.80. The highest BCUT2D eigenvalue weighted by atomic mass is 79.9. The summed E-state index contributed by atoms with van der Waals surface area (Å²) in [4.78, 5) is 0. The number of alkyl halides is 1. The minimum absolute atomic E-state index is 0.676. The van der Waals surface area contributed by atoms with Crippen molar-refractivity contribution in [1.29, 1.82) is 0 Å². The van der Waals surface area contributed by atoms with Crippen molar-refractivity contribution < 1.29 is 4.39 Å². The first kappa shape index (κ1) is 8.24. The van der Waals surface area contributed by atoms with Gasteiger partial charge in [-0.2, -0.15) is 0 Å². The molecule has 0 amide bonds. The van der Waals surface area contributed by atoms with Crippen LogP contribution in [0.1, 0.15) is 24.8 Å². The molecule has 12 heavy (non-hydrogen) atoms. The summed E-state index contributed by atoms with van der Waals surface area (Å²) in [7, 11) is 0. The average molecular weight is 229 g/mol. The zero-order chi connectivity index (χ0) is 8.60. The molecule has 1 aliphatic carbocycles. The van der Waals surface area contributed by atoms with Gasteiger partial charge in [-0.3, -0.25) is 0 Å². The monoisotopic (exact) mass is 228 g/mol. The van der Waals surface area contributed by atoms with Gasteiger partial charge in [0.15, 0.2) is 0 Å². The molecule has 0 spiro atoms. The van der Waals surface area contributed by atoms with Crippen LogP contribution in [-0.4, -0.2) is 0 Å². The highest BCUT2D eigenvalue weighted by Gasteiger charge is 2.39. The molecule has 0 heterocycles. The lowest BCUT2D eigenvalue weighted by Crippen LogP contribution is -2.28. The second-order valence-electron chi connectivity index (χ2n) is 3.30. The number of hydrogen-bond donors (Lipinski definition) is 0. The maximum atomic E-state index is 13.9. The molecule has 0 saturated heterocycles. The van der Waals surface area contributed by atoms with Crippen LogP contribution in [0.5, 0.6) is 0 Å². The van der Waals surface area contributed by atoms with Crippen molar-refractivity contribution in [3.8, 4) is 0 Å². The van der Waals surface area contributed by atoms with Gasteiger partial charge in [0.1, 0.15) is 5.67 Å². The van der Waals surface area contributed by atoms with Crippen LogP contribution >= 0.6 is 15.9 Å². The Morgan fingerprint density at radius 2 is 1.92 bits per heavy atom. The van der Waals surface area contributed by atoms with Crippen LogP contribution in [0.2, 0.25) is 0 Å². The lowest BCUT2D eigenvalue weighted by atomic mass is 9.77. The van der Waals surface area contributed by atoms with Gasteiger partial charge in [-0.25, -0.2) is 4.39 Å². The van der Waals surface area contributed by atoms with Crippen molar-refractivity contribution in [3.63, 3.8) is 0 Å². The van der Waals surface area contributed by atoms with Crippen molar-refractivity contribution in [2.24, 2.45) is 0 Å². The van der Waals surface area contributed by atoms with Gasteiger partial charge in [-0.1, -0.05) is 34.1 Å². The average Bonchev–Trinajstić information content (AvgIpc) is 2.01. The Bertz CT molecular complexity index is 292. The molecule has 64 valence electrons. The molecular formula is C10H10BrF. The van der Waals surface area contributed by atoms with Crippen molar-refractivity contribution in [1.82, 2.24) is 0 Å². The van der Waals surface area contributed by atoms with Crippen molar-refractivity contribution >= 4 is 15.9 Å². The van der Waals surface area contributed by atoms with Crippen LogP contribution < -0.4 is 0 Å². The van der Waals surface area contributed by atoms with E-state index < -0.39 is 5.67 Å². The largest absolute Gasteiger partial charge is 0.239 e. The highest BCUT2D eigenvalue weighted by Crippen LogP contribution is 2.47. The summed E-state index contributed by atoms with van der Waals surface area (Å²) in [6, 6.07) is 7.56. The Labute approximate surface area is 79.9 Å². The molecule has 0 atom stereocenters. The Kier molecular flexibility index (Phi) is 1.95. The normalized spacial score (nSPS) is 20.2. The van der Waals surface area contributed by atoms with E-state index in [1.54, 1.807) is 0 Å². The standard InChI is InChI=1S/C10H10BrF/c11-9-5-2-1-4-8(9)10(12)6-3-7-10/h1-2,4-5H,3,6-7H2. The van der Waals surface area contributed by atoms with Gasteiger partial charge in [-0.15, -0.1) is 0 Å². The lowest BCUT2D eigenvalue weighted by molar-refractivity contribution is 0.0601. The number of rotatable bonds is 1. The molecule has 0 aromatic heterocycles. The van der Waals surface area contributed by atoms with E-state index in [0.29, 0.717) is 12.8 Å². The van der Waals surface area contributed by atoms with Crippen LogP contribution in [0.4, 0.5) is 4.39 Å². The molecule has 0 aliphatic heterocycles. The summed E-state index contributed by atoms with van der Waals surface area (Å²) >= 11 is 3.37. The van der Waals surface area contributed by atoms with Crippen LogP contribution in [0, 0.1) is 0 Å². The van der Waals surface area contributed by atoms with E-state index in [-0.39, 0.29) is 0 Å². The fraction of sp³-hybridized carbons (Fsp3) is 0.400. The second kappa shape index (κ2) is 2.84. The molecule has 1 saturated carbocycles. The molecule has 0 bridgehead atoms. The summed E-state index contributed by atoms with van der Waals surface area (Å²) in [5.74, 6) is 0. The van der Waals surface area contributed by atoms with Gasteiger partial charge in [0.2, 0.25) is 0 Å². The zero-order valence-electron chi connectivity index (χ0n) is 6.69. The van der Waals surface area contributed by atoms with Gasteiger partial charge in [-0.05, 0) is 25.3 Å². The molecule has 0 nitrogen and oxygen atoms in total. The molecular weight excluding hydrogens is 219 g/mol. The van der Waals surface area contributed by atoms with E-state index in [0.717, 1.165) is 16.5 Å². The van der Waals surface area contributed by atoms with Gasteiger partial charge in [0, 0.05) is 10.0 Å². The number of benzene rings is 1. The second-order valence-corrected chi connectivity index (χ2v) is 4.15. The van der Waals surface area contributed by atoms with E-state index in [4.69, 9.17) is 0 Å². The van der Waals surface area contributed by atoms with Crippen molar-refractivity contribution in [2.45, 2.75) is 24.9 Å². The Balaban J connectivity index is 2.39. The minimum atomic E-state index is -1.04. The van der Waals surface area contributed by atoms with E-state index in [9.17, 15) is 4.39 Å². The first-order valence-corrected chi connectivity index (χ1v) is 4.96. The SMILES string of the molecule is FC1(c2ccccc2Br)CCC1. The van der Waals surface area contributed by atoms with Crippen LogP contribution in [0.3, 0.4) is 0 Å². The molecule has 2 heteroatoms. The van der Waals surface area contributed by atoms with E-state index in [1.165, 1.54) is 0 Å². The van der Waals surface area contributed by atoms with E-state index >= 15 is 0 Å². The zero-order valence-corrected chi connectivity index (χ0v) is 8.27. The fourth-order valence-corrected chi connectivity index (χ4v) is 2.22. The quantitative estimate of drug-likeness (QED) is 0.687. The highest BCUT2D eigenvalue weighted by molar-refractivity contribution is 9.10. The third-order valence-corrected chi connectivity index (χ3v) is 3.19. The van der Waals surface area contributed by atoms with E-state index in [1.807, 2.05) is 24.3 Å².